The van der Waals surface area contributed by atoms with E-state index in [-0.39, 0.29) is 0 Å². The van der Waals surface area contributed by atoms with E-state index in [0.717, 1.165) is 5.75 Å². The molecule has 0 N–H and O–H groups in total. The molecule has 0 fully saturated rings. The number of hydrogen-bond acceptors (Lipinski definition) is 2. The van der Waals surface area contributed by atoms with Gasteiger partial charge in [0.15, 0.2) is 0 Å². The largest absolute Gasteiger partial charge is 0.494 e. The van der Waals surface area contributed by atoms with E-state index in [1.54, 1.807) is 12.1 Å². The Balaban J connectivity index is 2.27. The van der Waals surface area contributed by atoms with Crippen molar-refractivity contribution in [1.82, 2.24) is 0 Å². The van der Waals surface area contributed by atoms with Gasteiger partial charge in [0.2, 0.25) is 0 Å². The summed E-state index contributed by atoms with van der Waals surface area (Å²) in [5.41, 5.74) is 8.02. The Bertz CT molecular complexity index is 337. The predicted molar refractivity (Wildman–Crippen MR) is 55.6 cm³/mol. The second-order valence-corrected chi connectivity index (χ2v) is 3.05. The minimum absolute atomic E-state index is 0.455. The van der Waals surface area contributed by atoms with Gasteiger partial charge in [-0.2, -0.15) is 0 Å². The van der Waals surface area contributed by atoms with Crippen LogP contribution in [0.1, 0.15) is 6.42 Å². The molecule has 0 aliphatic carbocycles. The lowest BCUT2D eigenvalue weighted by molar-refractivity contribution is 0.313. The average molecular weight is 212 g/mol. The van der Waals surface area contributed by atoms with Crippen LogP contribution in [0.3, 0.4) is 0 Å². The van der Waals surface area contributed by atoms with Gasteiger partial charge in [-0.1, -0.05) is 22.8 Å². The normalized spacial score (nSPS) is 9.21. The fourth-order valence-corrected chi connectivity index (χ4v) is 1.11. The highest BCUT2D eigenvalue weighted by Crippen LogP contribution is 2.16. The topological polar surface area (TPSA) is 58.0 Å². The molecule has 0 aliphatic heterocycles. The molecular weight excluding hydrogens is 202 g/mol. The monoisotopic (exact) mass is 211 g/mol. The first-order chi connectivity index (χ1) is 6.83. The number of halogens is 1. The van der Waals surface area contributed by atoms with E-state index < -0.39 is 0 Å². The molecule has 0 unspecified atom stereocenters. The molecule has 0 saturated carbocycles. The quantitative estimate of drug-likeness (QED) is 0.319. The number of azide groups is 1. The predicted octanol–water partition coefficient (Wildman–Crippen LogP) is 3.42. The molecule has 74 valence electrons. The highest BCUT2D eigenvalue weighted by Gasteiger charge is 1.93. The molecule has 0 bridgehead atoms. The molecule has 0 atom stereocenters. The van der Waals surface area contributed by atoms with Gasteiger partial charge in [0.1, 0.15) is 5.75 Å². The SMILES string of the molecule is [N-]=[N+]=NCCCOc1cccc(Cl)c1. The fraction of sp³-hybridized carbons (Fsp3) is 0.333. The maximum absolute atomic E-state index is 8.02. The maximum Gasteiger partial charge on any atom is 0.120 e. The highest BCUT2D eigenvalue weighted by molar-refractivity contribution is 6.30. The summed E-state index contributed by atoms with van der Waals surface area (Å²) in [6, 6.07) is 7.19. The lowest BCUT2D eigenvalue weighted by atomic mass is 10.3. The van der Waals surface area contributed by atoms with Gasteiger partial charge in [-0.15, -0.1) is 0 Å². The van der Waals surface area contributed by atoms with E-state index in [1.165, 1.54) is 0 Å². The lowest BCUT2D eigenvalue weighted by Gasteiger charge is -2.04. The van der Waals surface area contributed by atoms with Gasteiger partial charge in [-0.3, -0.25) is 0 Å². The number of nitrogens with zero attached hydrogens (tertiary/aromatic N) is 3. The molecule has 0 saturated heterocycles. The highest BCUT2D eigenvalue weighted by atomic mass is 35.5. The Hall–Kier alpha value is -1.38. The van der Waals surface area contributed by atoms with Crippen LogP contribution in [0.25, 0.3) is 10.4 Å². The van der Waals surface area contributed by atoms with Gasteiger partial charge in [-0.05, 0) is 30.2 Å². The zero-order valence-corrected chi connectivity index (χ0v) is 8.31. The summed E-state index contributed by atoms with van der Waals surface area (Å²) in [6.07, 6.45) is 0.705. The molecule has 1 aromatic rings. The third-order valence-electron chi connectivity index (χ3n) is 1.53. The van der Waals surface area contributed by atoms with Crippen molar-refractivity contribution in [3.63, 3.8) is 0 Å². The first-order valence-corrected chi connectivity index (χ1v) is 4.60. The molecule has 5 heteroatoms. The molecule has 4 nitrogen and oxygen atoms in total. The van der Waals surface area contributed by atoms with Gasteiger partial charge in [0.05, 0.1) is 6.61 Å². The van der Waals surface area contributed by atoms with Crippen LogP contribution < -0.4 is 4.74 Å². The Morgan fingerprint density at radius 2 is 2.36 bits per heavy atom. The van der Waals surface area contributed by atoms with E-state index in [2.05, 4.69) is 10.0 Å². The zero-order valence-electron chi connectivity index (χ0n) is 7.56. The van der Waals surface area contributed by atoms with Crippen LogP contribution in [0.2, 0.25) is 5.02 Å². The number of rotatable bonds is 5. The van der Waals surface area contributed by atoms with E-state index in [4.69, 9.17) is 21.9 Å². The van der Waals surface area contributed by atoms with Crippen molar-refractivity contribution < 1.29 is 4.74 Å². The van der Waals surface area contributed by atoms with E-state index in [9.17, 15) is 0 Å². The summed E-state index contributed by atoms with van der Waals surface area (Å²) in [6.45, 7) is 0.983. The second-order valence-electron chi connectivity index (χ2n) is 2.61. The summed E-state index contributed by atoms with van der Waals surface area (Å²) >= 11 is 5.76. The van der Waals surface area contributed by atoms with Crippen molar-refractivity contribution in [1.29, 1.82) is 0 Å². The molecule has 0 aromatic heterocycles. The minimum atomic E-state index is 0.455. The Morgan fingerprint density at radius 3 is 3.07 bits per heavy atom. The first-order valence-electron chi connectivity index (χ1n) is 4.22. The van der Waals surface area contributed by atoms with Crippen molar-refractivity contribution in [3.05, 3.63) is 39.7 Å². The van der Waals surface area contributed by atoms with Gasteiger partial charge >= 0.3 is 0 Å². The van der Waals surface area contributed by atoms with Crippen LogP contribution in [-0.4, -0.2) is 13.2 Å². The molecular formula is C9H10ClN3O. The molecule has 0 aliphatic rings. The van der Waals surface area contributed by atoms with Crippen LogP contribution in [0, 0.1) is 0 Å². The van der Waals surface area contributed by atoms with Gasteiger partial charge in [0, 0.05) is 16.5 Å². The van der Waals surface area contributed by atoms with Crippen LogP contribution in [0.15, 0.2) is 29.4 Å². The average Bonchev–Trinajstić information content (AvgIpc) is 2.18. The first kappa shape index (κ1) is 10.7. The molecule has 0 spiro atoms. The van der Waals surface area contributed by atoms with Crippen molar-refractivity contribution in [2.75, 3.05) is 13.2 Å². The fourth-order valence-electron chi connectivity index (χ4n) is 0.927. The Labute approximate surface area is 87.1 Å². The summed E-state index contributed by atoms with van der Waals surface area (Å²) in [7, 11) is 0. The number of benzene rings is 1. The molecule has 1 aromatic carbocycles. The second kappa shape index (κ2) is 6.13. The minimum Gasteiger partial charge on any atom is -0.494 e. The van der Waals surface area contributed by atoms with Gasteiger partial charge in [0.25, 0.3) is 0 Å². The maximum atomic E-state index is 8.02. The Kier molecular flexibility index (Phi) is 4.69. The molecule has 14 heavy (non-hydrogen) atoms. The molecule has 0 radical (unpaired) electrons. The van der Waals surface area contributed by atoms with E-state index in [1.807, 2.05) is 12.1 Å². The molecule has 1 rings (SSSR count). The zero-order chi connectivity index (χ0) is 10.2. The van der Waals surface area contributed by atoms with Crippen LogP contribution in [0.5, 0.6) is 5.75 Å². The standard InChI is InChI=1S/C9H10ClN3O/c10-8-3-1-4-9(7-8)14-6-2-5-12-13-11/h1,3-4,7H,2,5-6H2. The van der Waals surface area contributed by atoms with E-state index >= 15 is 0 Å². The number of hydrogen-bond donors (Lipinski definition) is 0. The summed E-state index contributed by atoms with van der Waals surface area (Å²) in [4.78, 5) is 2.64. The molecule has 0 amide bonds. The Morgan fingerprint density at radius 1 is 1.50 bits per heavy atom. The third kappa shape index (κ3) is 4.03. The van der Waals surface area contributed by atoms with Crippen LogP contribution in [-0.2, 0) is 0 Å². The molecule has 0 heterocycles. The van der Waals surface area contributed by atoms with Crippen molar-refractivity contribution in [3.8, 4) is 5.75 Å². The van der Waals surface area contributed by atoms with Crippen LogP contribution in [0.4, 0.5) is 0 Å². The van der Waals surface area contributed by atoms with Crippen molar-refractivity contribution >= 4 is 11.6 Å². The van der Waals surface area contributed by atoms with Gasteiger partial charge in [-0.25, -0.2) is 0 Å². The lowest BCUT2D eigenvalue weighted by Crippen LogP contribution is -1.98. The van der Waals surface area contributed by atoms with Crippen LogP contribution >= 0.6 is 11.6 Å². The summed E-state index contributed by atoms with van der Waals surface area (Å²) < 4.78 is 5.37. The smallest absolute Gasteiger partial charge is 0.120 e. The summed E-state index contributed by atoms with van der Waals surface area (Å²) in [5, 5.41) is 4.05. The summed E-state index contributed by atoms with van der Waals surface area (Å²) in [5.74, 6) is 0.735. The number of ether oxygens (including phenoxy) is 1. The van der Waals surface area contributed by atoms with Crippen molar-refractivity contribution in [2.24, 2.45) is 5.11 Å². The van der Waals surface area contributed by atoms with E-state index in [0.29, 0.717) is 24.6 Å². The van der Waals surface area contributed by atoms with Crippen molar-refractivity contribution in [2.45, 2.75) is 6.42 Å². The van der Waals surface area contributed by atoms with Gasteiger partial charge < -0.3 is 4.74 Å². The third-order valence-corrected chi connectivity index (χ3v) is 1.77.